The minimum absolute atomic E-state index is 0.245. The Bertz CT molecular complexity index is 2230. The Hall–Kier alpha value is -2.77. The molecule has 19 heteroatoms. The van der Waals surface area contributed by atoms with E-state index in [-0.39, 0.29) is 18.9 Å². The van der Waals surface area contributed by atoms with E-state index in [0.717, 1.165) is 77.0 Å². The third-order valence-corrected chi connectivity index (χ3v) is 21.8. The molecule has 0 bridgehead atoms. The highest BCUT2D eigenvalue weighted by Gasteiger charge is 2.54. The van der Waals surface area contributed by atoms with Gasteiger partial charge in [-0.3, -0.25) is 4.79 Å². The molecular weight excluding hydrogens is 1370 g/mol. The Morgan fingerprint density at radius 2 is 0.639 bits per heavy atom. The summed E-state index contributed by atoms with van der Waals surface area (Å²) >= 11 is 0. The molecule has 3 fully saturated rings. The van der Waals surface area contributed by atoms with Gasteiger partial charge in [0.1, 0.15) is 73.2 Å². The second kappa shape index (κ2) is 68.6. The van der Waals surface area contributed by atoms with Crippen LogP contribution in [0.3, 0.4) is 0 Å². The molecule has 3 aliphatic heterocycles. The number of aliphatic hydroxyl groups excluding tert-OH is 11. The Labute approximate surface area is 655 Å². The van der Waals surface area contributed by atoms with Gasteiger partial charge in [0.05, 0.1) is 38.6 Å². The molecule has 3 rings (SSSR count). The third kappa shape index (κ3) is 47.2. The maximum atomic E-state index is 13.5. The SMILES string of the molecule is CC/C=C\C/C=C\C/C=C\C/C=C\C/C=C\CCCCCCCCCCCCCCCCCCCCCCCC(=O)NC(COC1OC(CO)C(OC2OC(CO)C(OC3OC(CO)C(O)C(O)C3O)C(O)C2O)C(O)C1O)C(O)/C=C/CCCCCCCCCCCCCCCCCCCCCCCCCC. The van der Waals surface area contributed by atoms with Crippen molar-refractivity contribution in [1.29, 1.82) is 0 Å². The monoisotopic (exact) mass is 1530 g/mol. The van der Waals surface area contributed by atoms with Gasteiger partial charge in [-0.1, -0.05) is 356 Å². The predicted molar refractivity (Wildman–Crippen MR) is 434 cm³/mol. The highest BCUT2D eigenvalue weighted by Crippen LogP contribution is 2.33. The number of aliphatic hydroxyl groups is 11. The summed E-state index contributed by atoms with van der Waals surface area (Å²) in [6.07, 6.45) is 64.7. The fraction of sp³-hybridized carbons (Fsp3) is 0.854. The number of rotatable bonds is 71. The first kappa shape index (κ1) is 99.4. The van der Waals surface area contributed by atoms with Crippen molar-refractivity contribution in [3.05, 3.63) is 72.9 Å². The molecule has 0 saturated carbocycles. The van der Waals surface area contributed by atoms with Crippen molar-refractivity contribution in [2.75, 3.05) is 26.4 Å². The summed E-state index contributed by atoms with van der Waals surface area (Å²) in [5.74, 6) is -0.270. The second-order valence-corrected chi connectivity index (χ2v) is 31.3. The van der Waals surface area contributed by atoms with Crippen LogP contribution in [0.5, 0.6) is 0 Å². The van der Waals surface area contributed by atoms with Crippen LogP contribution in [0.25, 0.3) is 0 Å². The summed E-state index contributed by atoms with van der Waals surface area (Å²) in [5, 5.41) is 121. The van der Waals surface area contributed by atoms with Gasteiger partial charge in [-0.2, -0.15) is 0 Å². The van der Waals surface area contributed by atoms with Crippen LogP contribution in [0, 0.1) is 0 Å². The molecule has 0 aromatic carbocycles. The number of carbonyl (C=O) groups excluding carboxylic acids is 1. The topological polar surface area (TPSA) is 307 Å². The minimum atomic E-state index is -1.98. The molecule has 12 N–H and O–H groups in total. The summed E-state index contributed by atoms with van der Waals surface area (Å²) in [5.41, 5.74) is 0. The number of unbranched alkanes of at least 4 members (excludes halogenated alkanes) is 45. The maximum absolute atomic E-state index is 13.5. The van der Waals surface area contributed by atoms with Crippen LogP contribution in [-0.4, -0.2) is 193 Å². The molecule has 0 aliphatic carbocycles. The number of nitrogens with one attached hydrogen (secondary N) is 1. The zero-order valence-electron chi connectivity index (χ0n) is 67.8. The van der Waals surface area contributed by atoms with Gasteiger partial charge in [-0.25, -0.2) is 0 Å². The summed E-state index contributed by atoms with van der Waals surface area (Å²) in [6.45, 7) is 1.68. The van der Waals surface area contributed by atoms with E-state index in [9.17, 15) is 61.0 Å². The molecule has 3 heterocycles. The summed E-state index contributed by atoms with van der Waals surface area (Å²) in [6, 6.07) is -0.976. The lowest BCUT2D eigenvalue weighted by molar-refractivity contribution is -0.379. The van der Waals surface area contributed by atoms with Gasteiger partial charge in [0.2, 0.25) is 5.91 Å². The average Bonchev–Trinajstić information content (AvgIpc) is 0.779. The summed E-state index contributed by atoms with van der Waals surface area (Å²) in [4.78, 5) is 13.5. The number of ether oxygens (including phenoxy) is 6. The van der Waals surface area contributed by atoms with E-state index in [2.05, 4.69) is 79.9 Å². The van der Waals surface area contributed by atoms with E-state index in [0.29, 0.717) is 6.42 Å². The highest BCUT2D eigenvalue weighted by molar-refractivity contribution is 5.76. The van der Waals surface area contributed by atoms with Gasteiger partial charge in [0, 0.05) is 6.42 Å². The van der Waals surface area contributed by atoms with Crippen LogP contribution in [-0.2, 0) is 33.2 Å². The van der Waals surface area contributed by atoms with Gasteiger partial charge >= 0.3 is 0 Å². The summed E-state index contributed by atoms with van der Waals surface area (Å²) in [7, 11) is 0. The fourth-order valence-electron chi connectivity index (χ4n) is 14.8. The number of hydrogen-bond acceptors (Lipinski definition) is 18. The molecule has 1 amide bonds. The maximum Gasteiger partial charge on any atom is 0.220 e. The lowest BCUT2D eigenvalue weighted by Gasteiger charge is -2.48. The lowest BCUT2D eigenvalue weighted by Crippen LogP contribution is -2.66. The quantitative estimate of drug-likeness (QED) is 0.0199. The van der Waals surface area contributed by atoms with Gasteiger partial charge < -0.3 is 89.9 Å². The van der Waals surface area contributed by atoms with Crippen LogP contribution in [0.4, 0.5) is 0 Å². The molecule has 0 aromatic rings. The number of hydrogen-bond donors (Lipinski definition) is 12. The van der Waals surface area contributed by atoms with Gasteiger partial charge in [0.25, 0.3) is 0 Å². The molecule has 19 nitrogen and oxygen atoms in total. The first-order valence-corrected chi connectivity index (χ1v) is 44.2. The van der Waals surface area contributed by atoms with E-state index < -0.39 is 124 Å². The van der Waals surface area contributed by atoms with E-state index in [1.165, 1.54) is 250 Å². The van der Waals surface area contributed by atoms with Crippen molar-refractivity contribution in [1.82, 2.24) is 5.32 Å². The molecule has 0 radical (unpaired) electrons. The fourth-order valence-corrected chi connectivity index (χ4v) is 14.8. The van der Waals surface area contributed by atoms with E-state index >= 15 is 0 Å². The van der Waals surface area contributed by atoms with Crippen molar-refractivity contribution in [3.63, 3.8) is 0 Å². The molecule has 17 unspecified atom stereocenters. The van der Waals surface area contributed by atoms with Crippen LogP contribution in [0.2, 0.25) is 0 Å². The largest absolute Gasteiger partial charge is 0.394 e. The molecular formula is C89H161NO18. The normalized spacial score (nSPS) is 25.7. The Kier molecular flexibility index (Phi) is 63.2. The number of allylic oxidation sites excluding steroid dienone is 11. The highest BCUT2D eigenvalue weighted by atomic mass is 16.8. The standard InChI is InChI=1S/C89H161NO18/c1-3-5-7-9-11-13-15-17-19-21-23-25-27-29-31-32-33-34-35-36-37-38-39-40-41-43-45-47-49-51-53-55-57-59-61-63-65-67-77(95)90-72(73(94)66-64-62-60-58-56-54-52-50-48-46-44-42-30-28-26-24-22-20-18-16-14-12-10-8-6-4-2)71-103-87-83(101)80(98)85(75(69-92)105-87)108-89-84(102)81(99)86(76(70-93)106-89)107-88-82(100)79(97)78(96)74(68-91)104-88/h5,7,11,13,17,19,23,25,29,31,64,66,72-76,78-89,91-94,96-102H,3-4,6,8-10,12,14-16,18,20-22,24,26-28,30,32-63,65,67-71H2,1-2H3,(H,90,95)/b7-5-,13-11-,19-17-,25-23-,31-29-,66-64+. The van der Waals surface area contributed by atoms with Crippen LogP contribution >= 0.6 is 0 Å². The Balaban J connectivity index is 1.32. The van der Waals surface area contributed by atoms with Gasteiger partial charge in [-0.05, 0) is 64.2 Å². The lowest BCUT2D eigenvalue weighted by atomic mass is 9.96. The molecule has 630 valence electrons. The Morgan fingerprint density at radius 3 is 1.00 bits per heavy atom. The number of amides is 1. The summed E-state index contributed by atoms with van der Waals surface area (Å²) < 4.78 is 34.5. The second-order valence-electron chi connectivity index (χ2n) is 31.3. The van der Waals surface area contributed by atoms with Gasteiger partial charge in [-0.15, -0.1) is 0 Å². The smallest absolute Gasteiger partial charge is 0.220 e. The van der Waals surface area contributed by atoms with Crippen molar-refractivity contribution < 1.29 is 89.4 Å². The molecule has 0 aromatic heterocycles. The van der Waals surface area contributed by atoms with E-state index in [4.69, 9.17) is 28.4 Å². The average molecular weight is 1530 g/mol. The molecule has 3 aliphatic rings. The Morgan fingerprint density at radius 1 is 0.343 bits per heavy atom. The number of carbonyl (C=O) groups is 1. The van der Waals surface area contributed by atoms with Crippen molar-refractivity contribution >= 4 is 5.91 Å². The van der Waals surface area contributed by atoms with E-state index in [1.54, 1.807) is 6.08 Å². The first-order valence-electron chi connectivity index (χ1n) is 44.2. The van der Waals surface area contributed by atoms with Gasteiger partial charge in [0.15, 0.2) is 18.9 Å². The molecule has 108 heavy (non-hydrogen) atoms. The molecule has 17 atom stereocenters. The molecule has 0 spiro atoms. The van der Waals surface area contributed by atoms with Crippen LogP contribution in [0.15, 0.2) is 72.9 Å². The predicted octanol–water partition coefficient (Wildman–Crippen LogP) is 16.3. The van der Waals surface area contributed by atoms with E-state index in [1.807, 2.05) is 6.08 Å². The zero-order chi connectivity index (χ0) is 78.1. The van der Waals surface area contributed by atoms with Crippen molar-refractivity contribution in [3.8, 4) is 0 Å². The minimum Gasteiger partial charge on any atom is -0.394 e. The van der Waals surface area contributed by atoms with Crippen LogP contribution < -0.4 is 5.32 Å². The first-order chi connectivity index (χ1) is 52.8. The van der Waals surface area contributed by atoms with Crippen molar-refractivity contribution in [2.24, 2.45) is 0 Å². The van der Waals surface area contributed by atoms with Crippen LogP contribution in [0.1, 0.15) is 354 Å². The third-order valence-electron chi connectivity index (χ3n) is 21.8. The molecule has 3 saturated heterocycles. The van der Waals surface area contributed by atoms with Crippen molar-refractivity contribution in [2.45, 2.75) is 458 Å². The zero-order valence-corrected chi connectivity index (χ0v) is 67.8.